The second-order valence-electron chi connectivity index (χ2n) is 8.03. The molecule has 1 fully saturated rings. The van der Waals surface area contributed by atoms with Crippen LogP contribution in [-0.4, -0.2) is 48.3 Å². The van der Waals surface area contributed by atoms with Crippen LogP contribution in [0.25, 0.3) is 10.9 Å². The average molecular weight is 483 g/mol. The predicted molar refractivity (Wildman–Crippen MR) is 138 cm³/mol. The van der Waals surface area contributed by atoms with Crippen LogP contribution in [0.4, 0.5) is 17.2 Å². The molecule has 1 saturated heterocycles. The summed E-state index contributed by atoms with van der Waals surface area (Å²) in [6, 6.07) is 10.8. The Bertz CT molecular complexity index is 1370. The van der Waals surface area contributed by atoms with Crippen LogP contribution in [0, 0.1) is 23.7 Å². The van der Waals surface area contributed by atoms with E-state index in [-0.39, 0.29) is 12.0 Å². The fraction of sp³-hybridized carbons (Fsp3) is 0.259. The fourth-order valence-corrected chi connectivity index (χ4v) is 3.71. The molecule has 0 aliphatic carbocycles. The Morgan fingerprint density at radius 1 is 1.31 bits per heavy atom. The van der Waals surface area contributed by atoms with Crippen molar-refractivity contribution < 1.29 is 14.3 Å². The molecular weight excluding hydrogens is 456 g/mol. The number of aromatic nitrogens is 2. The molecule has 2 heterocycles. The van der Waals surface area contributed by atoms with E-state index in [1.54, 1.807) is 36.4 Å². The normalized spacial score (nSPS) is 14.9. The molecule has 9 heteroatoms. The van der Waals surface area contributed by atoms with Crippen LogP contribution in [0.1, 0.15) is 24.5 Å². The summed E-state index contributed by atoms with van der Waals surface area (Å²) in [6.45, 7) is 4.53. The number of hydrogen-bond acceptors (Lipinski definition) is 8. The molecule has 0 saturated carbocycles. The monoisotopic (exact) mass is 482 g/mol. The van der Waals surface area contributed by atoms with Crippen LogP contribution >= 0.6 is 0 Å². The van der Waals surface area contributed by atoms with Crippen LogP contribution in [0.2, 0.25) is 0 Å². The van der Waals surface area contributed by atoms with Gasteiger partial charge >= 0.3 is 0 Å². The van der Waals surface area contributed by atoms with E-state index in [1.165, 1.54) is 12.4 Å². The number of hydrogen-bond donors (Lipinski definition) is 3. The molecule has 1 aliphatic rings. The van der Waals surface area contributed by atoms with E-state index < -0.39 is 0 Å². The zero-order valence-electron chi connectivity index (χ0n) is 19.9. The van der Waals surface area contributed by atoms with Crippen LogP contribution < -0.4 is 20.7 Å². The third kappa shape index (κ3) is 5.97. The summed E-state index contributed by atoms with van der Waals surface area (Å²) >= 11 is 0. The summed E-state index contributed by atoms with van der Waals surface area (Å²) in [7, 11) is 0. The Kier molecular flexibility index (Phi) is 8.09. The first kappa shape index (κ1) is 24.7. The predicted octanol–water partition coefficient (Wildman–Crippen LogP) is 3.50. The van der Waals surface area contributed by atoms with Crippen molar-refractivity contribution in [3.05, 3.63) is 59.9 Å². The molecule has 0 spiro atoms. The molecule has 3 aromatic rings. The van der Waals surface area contributed by atoms with Gasteiger partial charge in [-0.25, -0.2) is 9.97 Å². The summed E-state index contributed by atoms with van der Waals surface area (Å²) in [4.78, 5) is 21.4. The second-order valence-corrected chi connectivity index (χ2v) is 8.03. The summed E-state index contributed by atoms with van der Waals surface area (Å²) in [5, 5.41) is 19.2. The minimum atomic E-state index is -0.281. The van der Waals surface area contributed by atoms with Crippen molar-refractivity contribution in [1.29, 1.82) is 5.26 Å². The van der Waals surface area contributed by atoms with Crippen LogP contribution in [0.5, 0.6) is 5.75 Å². The maximum Gasteiger partial charge on any atom is 0.248 e. The van der Waals surface area contributed by atoms with Crippen molar-refractivity contribution in [2.45, 2.75) is 19.4 Å². The molecule has 0 radical (unpaired) electrons. The van der Waals surface area contributed by atoms with Gasteiger partial charge in [-0.3, -0.25) is 4.79 Å². The van der Waals surface area contributed by atoms with Gasteiger partial charge in [0.25, 0.3) is 0 Å². The Balaban J connectivity index is 1.68. The molecule has 182 valence electrons. The molecule has 9 nitrogen and oxygen atoms in total. The Morgan fingerprint density at radius 3 is 2.94 bits per heavy atom. The largest absolute Gasteiger partial charge is 0.486 e. The highest BCUT2D eigenvalue weighted by Gasteiger charge is 2.20. The number of fused-ring (bicyclic) bond motifs is 1. The van der Waals surface area contributed by atoms with Crippen LogP contribution in [0.3, 0.4) is 0 Å². The lowest BCUT2D eigenvalue weighted by atomic mass is 10.1. The number of likely N-dealkylation sites (N-methyl/N-ethyl adjacent to an activating group) is 1. The lowest BCUT2D eigenvalue weighted by Gasteiger charge is -2.17. The first-order valence-corrected chi connectivity index (χ1v) is 11.6. The van der Waals surface area contributed by atoms with Crippen molar-refractivity contribution in [3.63, 3.8) is 0 Å². The first-order valence-electron chi connectivity index (χ1n) is 11.6. The van der Waals surface area contributed by atoms with E-state index in [1.807, 2.05) is 6.92 Å². The zero-order chi connectivity index (χ0) is 25.3. The molecule has 0 unspecified atom stereocenters. The van der Waals surface area contributed by atoms with Gasteiger partial charge in [0.15, 0.2) is 0 Å². The molecule has 2 aromatic carbocycles. The number of amides is 1. The summed E-state index contributed by atoms with van der Waals surface area (Å²) < 4.78 is 11.6. The second kappa shape index (κ2) is 11.8. The Hall–Kier alpha value is -4.44. The van der Waals surface area contributed by atoms with Crippen molar-refractivity contribution in [3.8, 4) is 24.2 Å². The maximum absolute atomic E-state index is 12.6. The van der Waals surface area contributed by atoms with Gasteiger partial charge in [-0.05, 0) is 30.8 Å². The van der Waals surface area contributed by atoms with Crippen LogP contribution in [0.15, 0.2) is 48.8 Å². The number of carbonyl (C=O) groups excluding carboxylic acids is 1. The van der Waals surface area contributed by atoms with Gasteiger partial charge in [0.1, 0.15) is 30.1 Å². The van der Waals surface area contributed by atoms with Crippen molar-refractivity contribution in [1.82, 2.24) is 15.3 Å². The van der Waals surface area contributed by atoms with Crippen molar-refractivity contribution in [2.24, 2.45) is 0 Å². The number of benzene rings is 2. The third-order valence-electron chi connectivity index (χ3n) is 5.52. The third-order valence-corrected chi connectivity index (χ3v) is 5.52. The minimum absolute atomic E-state index is 0.109. The standard InChI is InChI=1S/C27H26N6O3/c1-3-18-12-20(8-7-19(18)15-28)32-27-22-13-24(33-26(34)6-5-10-29-4-2)25(14-23(22)30-17-31-27)36-21-9-11-35-16-21/h1,5-8,12-14,17,21,29H,4,9-11,16H2,2H3,(H,33,34)(H,30,31,32)/b6-5+/t21-/m0/s1. The van der Waals surface area contributed by atoms with Gasteiger partial charge in [0, 0.05) is 41.7 Å². The number of ether oxygens (including phenoxy) is 2. The maximum atomic E-state index is 12.6. The van der Waals surface area contributed by atoms with E-state index in [4.69, 9.17) is 15.9 Å². The Morgan fingerprint density at radius 2 is 2.19 bits per heavy atom. The van der Waals surface area contributed by atoms with Gasteiger partial charge in [-0.1, -0.05) is 18.9 Å². The van der Waals surface area contributed by atoms with E-state index in [2.05, 4.69) is 37.9 Å². The van der Waals surface area contributed by atoms with E-state index in [0.29, 0.717) is 64.7 Å². The number of nitrogens with one attached hydrogen (secondary N) is 3. The number of terminal acetylenes is 1. The van der Waals surface area contributed by atoms with E-state index in [0.717, 1.165) is 13.0 Å². The lowest BCUT2D eigenvalue weighted by Crippen LogP contribution is -2.18. The van der Waals surface area contributed by atoms with Crippen LogP contribution in [-0.2, 0) is 9.53 Å². The average Bonchev–Trinajstić information content (AvgIpc) is 3.40. The highest BCUT2D eigenvalue weighted by Crippen LogP contribution is 2.34. The molecule has 36 heavy (non-hydrogen) atoms. The zero-order valence-corrected chi connectivity index (χ0v) is 19.9. The van der Waals surface area contributed by atoms with E-state index in [9.17, 15) is 10.1 Å². The molecule has 1 amide bonds. The molecule has 1 aliphatic heterocycles. The summed E-state index contributed by atoms with van der Waals surface area (Å²) in [6.07, 6.45) is 10.9. The molecule has 4 rings (SSSR count). The summed E-state index contributed by atoms with van der Waals surface area (Å²) in [5.74, 6) is 3.27. The SMILES string of the molecule is C#Cc1cc(Nc2ncnc3cc(O[C@H]4CCOC4)c(NC(=O)/C=C/CNCC)cc23)ccc1C#N. The topological polar surface area (TPSA) is 121 Å². The molecule has 1 aromatic heterocycles. The van der Waals surface area contributed by atoms with Gasteiger partial charge in [-0.15, -0.1) is 6.42 Å². The lowest BCUT2D eigenvalue weighted by molar-refractivity contribution is -0.111. The fourth-order valence-electron chi connectivity index (χ4n) is 3.71. The number of rotatable bonds is 9. The van der Waals surface area contributed by atoms with Crippen molar-refractivity contribution in [2.75, 3.05) is 36.9 Å². The minimum Gasteiger partial charge on any atom is -0.486 e. The Labute approximate surface area is 209 Å². The molecular formula is C27H26N6O3. The van der Waals surface area contributed by atoms with Gasteiger partial charge in [0.2, 0.25) is 5.91 Å². The van der Waals surface area contributed by atoms with Gasteiger partial charge < -0.3 is 25.4 Å². The van der Waals surface area contributed by atoms with Gasteiger partial charge in [0.05, 0.1) is 30.0 Å². The van der Waals surface area contributed by atoms with Crippen molar-refractivity contribution >= 4 is 34.0 Å². The highest BCUT2D eigenvalue weighted by atomic mass is 16.5. The number of anilines is 3. The molecule has 1 atom stereocenters. The number of nitrogens with zero attached hydrogens (tertiary/aromatic N) is 3. The number of carbonyl (C=O) groups is 1. The summed E-state index contributed by atoms with van der Waals surface area (Å²) in [5.41, 5.74) is 2.69. The molecule has 3 N–H and O–H groups in total. The number of nitriles is 1. The smallest absolute Gasteiger partial charge is 0.248 e. The van der Waals surface area contributed by atoms with Gasteiger partial charge in [-0.2, -0.15) is 5.26 Å². The van der Waals surface area contributed by atoms with E-state index >= 15 is 0 Å². The first-order chi connectivity index (χ1) is 17.6. The molecule has 0 bridgehead atoms. The quantitative estimate of drug-likeness (QED) is 0.241. The highest BCUT2D eigenvalue weighted by molar-refractivity contribution is 6.03.